The summed E-state index contributed by atoms with van der Waals surface area (Å²) >= 11 is 1.19. The fourth-order valence-corrected chi connectivity index (χ4v) is 5.70. The molecular weight excluding hydrogens is 500 g/mol. The number of sulfonamides is 1. The van der Waals surface area contributed by atoms with Crippen molar-refractivity contribution < 1.29 is 23.1 Å². The zero-order valence-electron chi connectivity index (χ0n) is 19.2. The van der Waals surface area contributed by atoms with E-state index in [0.29, 0.717) is 22.3 Å². The molecule has 186 valence electrons. The Morgan fingerprint density at radius 1 is 1.06 bits per heavy atom. The van der Waals surface area contributed by atoms with E-state index in [1.165, 1.54) is 35.3 Å². The zero-order chi connectivity index (χ0) is 25.3. The van der Waals surface area contributed by atoms with Crippen LogP contribution in [0.4, 0.5) is 0 Å². The molecule has 0 atom stereocenters. The molecular formula is C25H24N4O5S2. The number of ether oxygens (including phenoxy) is 1. The molecule has 1 aliphatic carbocycles. The van der Waals surface area contributed by atoms with Crippen molar-refractivity contribution in [1.29, 1.82) is 0 Å². The van der Waals surface area contributed by atoms with Crippen LogP contribution in [0.3, 0.4) is 0 Å². The van der Waals surface area contributed by atoms with Gasteiger partial charge in [0.15, 0.2) is 11.4 Å². The summed E-state index contributed by atoms with van der Waals surface area (Å²) in [7, 11) is -3.83. The van der Waals surface area contributed by atoms with E-state index in [0.717, 1.165) is 36.9 Å². The lowest BCUT2D eigenvalue weighted by Gasteiger charge is -2.21. The van der Waals surface area contributed by atoms with Crippen LogP contribution in [-0.2, 0) is 10.0 Å². The van der Waals surface area contributed by atoms with Gasteiger partial charge in [-0.15, -0.1) is 11.3 Å². The fraction of sp³-hybridized carbons (Fsp3) is 0.240. The Kier molecular flexibility index (Phi) is 6.61. The first-order valence-electron chi connectivity index (χ1n) is 11.5. The molecule has 0 bridgehead atoms. The molecule has 4 aromatic rings. The van der Waals surface area contributed by atoms with E-state index in [4.69, 9.17) is 15.0 Å². The Labute approximate surface area is 212 Å². The Hall–Kier alpha value is -3.54. The number of hydrogen-bond donors (Lipinski definition) is 2. The number of carbonyl (C=O) groups is 1. The smallest absolute Gasteiger partial charge is 0.355 e. The summed E-state index contributed by atoms with van der Waals surface area (Å²) in [6, 6.07) is 15.5. The van der Waals surface area contributed by atoms with E-state index in [1.807, 2.05) is 30.3 Å². The van der Waals surface area contributed by atoms with Crippen LogP contribution < -0.4 is 9.88 Å². The summed E-state index contributed by atoms with van der Waals surface area (Å²) < 4.78 is 31.4. The van der Waals surface area contributed by atoms with Gasteiger partial charge >= 0.3 is 5.97 Å². The number of thiazole rings is 1. The summed E-state index contributed by atoms with van der Waals surface area (Å²) in [6.45, 7) is 0. The highest BCUT2D eigenvalue weighted by molar-refractivity contribution is 7.89. The highest BCUT2D eigenvalue weighted by Gasteiger charge is 2.30. The van der Waals surface area contributed by atoms with Crippen LogP contribution >= 0.6 is 11.3 Å². The van der Waals surface area contributed by atoms with Gasteiger partial charge in [0.1, 0.15) is 17.1 Å². The highest BCUT2D eigenvalue weighted by Crippen LogP contribution is 2.45. The minimum atomic E-state index is -3.83. The average Bonchev–Trinajstić information content (AvgIpc) is 3.51. The molecule has 5 rings (SSSR count). The van der Waals surface area contributed by atoms with Crippen molar-refractivity contribution in [3.05, 3.63) is 71.4 Å². The van der Waals surface area contributed by atoms with Crippen LogP contribution in [-0.4, -0.2) is 34.3 Å². The Balaban J connectivity index is 1.68. The highest BCUT2D eigenvalue weighted by atomic mass is 32.2. The number of benzene rings is 2. The number of nitrogens with zero attached hydrogens (tertiary/aromatic N) is 3. The number of aromatic carboxylic acids is 1. The van der Waals surface area contributed by atoms with Crippen LogP contribution in [0.25, 0.3) is 16.4 Å². The van der Waals surface area contributed by atoms with Crippen molar-refractivity contribution in [2.24, 2.45) is 5.14 Å². The first-order valence-corrected chi connectivity index (χ1v) is 13.9. The molecule has 2 aromatic carbocycles. The summed E-state index contributed by atoms with van der Waals surface area (Å²) in [6.07, 6.45) is 5.26. The SMILES string of the molecule is NS(=O)(=O)c1ccc(Oc2c(C3CCCCC3)nn(-c3nc(C(=O)O)cs3)c2-c2ccccc2)cc1. The molecule has 0 spiro atoms. The molecule has 1 fully saturated rings. The lowest BCUT2D eigenvalue weighted by atomic mass is 9.86. The molecule has 11 heteroatoms. The van der Waals surface area contributed by atoms with Crippen molar-refractivity contribution in [1.82, 2.24) is 14.8 Å². The van der Waals surface area contributed by atoms with E-state index in [9.17, 15) is 18.3 Å². The third-order valence-corrected chi connectivity index (χ3v) is 7.92. The van der Waals surface area contributed by atoms with Crippen LogP contribution in [0.15, 0.2) is 64.9 Å². The predicted octanol–water partition coefficient (Wildman–Crippen LogP) is 5.18. The minimum Gasteiger partial charge on any atom is -0.476 e. The van der Waals surface area contributed by atoms with Crippen LogP contribution in [0.5, 0.6) is 11.5 Å². The van der Waals surface area contributed by atoms with Crippen molar-refractivity contribution in [3.8, 4) is 27.9 Å². The van der Waals surface area contributed by atoms with Crippen molar-refractivity contribution >= 4 is 27.3 Å². The van der Waals surface area contributed by atoms with Gasteiger partial charge in [0.25, 0.3) is 0 Å². The van der Waals surface area contributed by atoms with E-state index in [1.54, 1.807) is 16.8 Å². The number of carboxylic acid groups (broad SMARTS) is 1. The third kappa shape index (κ3) is 4.90. The van der Waals surface area contributed by atoms with Crippen LogP contribution in [0, 0.1) is 0 Å². The second-order valence-electron chi connectivity index (χ2n) is 8.61. The first-order chi connectivity index (χ1) is 17.3. The summed E-state index contributed by atoms with van der Waals surface area (Å²) in [5.41, 5.74) is 2.20. The van der Waals surface area contributed by atoms with E-state index >= 15 is 0 Å². The molecule has 1 saturated carbocycles. The molecule has 0 aliphatic heterocycles. The van der Waals surface area contributed by atoms with E-state index < -0.39 is 16.0 Å². The van der Waals surface area contributed by atoms with Gasteiger partial charge in [-0.3, -0.25) is 0 Å². The van der Waals surface area contributed by atoms with Crippen LogP contribution in [0.2, 0.25) is 0 Å². The predicted molar refractivity (Wildman–Crippen MR) is 135 cm³/mol. The molecule has 9 nitrogen and oxygen atoms in total. The number of hydrogen-bond acceptors (Lipinski definition) is 7. The number of rotatable bonds is 7. The van der Waals surface area contributed by atoms with Gasteiger partial charge in [-0.05, 0) is 37.1 Å². The van der Waals surface area contributed by atoms with Gasteiger partial charge in [-0.25, -0.2) is 28.0 Å². The summed E-state index contributed by atoms with van der Waals surface area (Å²) in [5.74, 6) is 0.0370. The first kappa shape index (κ1) is 24.2. The van der Waals surface area contributed by atoms with Crippen LogP contribution in [0.1, 0.15) is 54.2 Å². The third-order valence-electron chi connectivity index (χ3n) is 6.17. The Morgan fingerprint density at radius 3 is 2.36 bits per heavy atom. The second kappa shape index (κ2) is 9.84. The molecule has 0 unspecified atom stereocenters. The van der Waals surface area contributed by atoms with Gasteiger partial charge in [0.2, 0.25) is 15.2 Å². The topological polar surface area (TPSA) is 137 Å². The maximum atomic E-state index is 11.7. The van der Waals surface area contributed by atoms with Gasteiger partial charge < -0.3 is 9.84 Å². The van der Waals surface area contributed by atoms with Crippen molar-refractivity contribution in [2.45, 2.75) is 42.9 Å². The normalized spacial score (nSPS) is 14.6. The fourth-order valence-electron chi connectivity index (χ4n) is 4.43. The molecule has 1 aliphatic rings. The Bertz CT molecular complexity index is 1490. The van der Waals surface area contributed by atoms with Gasteiger partial charge in [0, 0.05) is 16.9 Å². The number of carboxylic acids is 1. The molecule has 0 saturated heterocycles. The minimum absolute atomic E-state index is 0.00897. The molecule has 0 radical (unpaired) electrons. The van der Waals surface area contributed by atoms with Crippen molar-refractivity contribution in [2.75, 3.05) is 0 Å². The van der Waals surface area contributed by atoms with Crippen molar-refractivity contribution in [3.63, 3.8) is 0 Å². The number of nitrogens with two attached hydrogens (primary N) is 1. The van der Waals surface area contributed by atoms with E-state index in [2.05, 4.69) is 4.98 Å². The van der Waals surface area contributed by atoms with Gasteiger partial charge in [-0.2, -0.15) is 5.10 Å². The number of primary sulfonamides is 1. The maximum absolute atomic E-state index is 11.7. The van der Waals surface area contributed by atoms with Gasteiger partial charge in [0.05, 0.1) is 4.90 Å². The molecule has 0 amide bonds. The van der Waals surface area contributed by atoms with E-state index in [-0.39, 0.29) is 16.5 Å². The molecule has 2 heterocycles. The molecule has 3 N–H and O–H groups in total. The summed E-state index contributed by atoms with van der Waals surface area (Å²) in [5, 5.41) is 21.5. The summed E-state index contributed by atoms with van der Waals surface area (Å²) in [4.78, 5) is 15.8. The quantitative estimate of drug-likeness (QED) is 0.340. The molecule has 36 heavy (non-hydrogen) atoms. The Morgan fingerprint density at radius 2 is 1.75 bits per heavy atom. The zero-order valence-corrected chi connectivity index (χ0v) is 20.8. The average molecular weight is 525 g/mol. The maximum Gasteiger partial charge on any atom is 0.355 e. The second-order valence-corrected chi connectivity index (χ2v) is 11.0. The monoisotopic (exact) mass is 524 g/mol. The number of aromatic nitrogens is 3. The largest absolute Gasteiger partial charge is 0.476 e. The standard InChI is InChI=1S/C25H24N4O5S2/c26-36(32,33)19-13-11-18(12-14-19)34-23-21(16-7-3-1-4-8-16)28-29(22(23)17-9-5-2-6-10-17)25-27-20(15-35-25)24(30)31/h2,5-6,9-16H,1,3-4,7-8H2,(H,30,31)(H2,26,32,33). The molecule has 2 aromatic heterocycles. The lowest BCUT2D eigenvalue weighted by molar-refractivity contribution is 0.0691. The lowest BCUT2D eigenvalue weighted by Crippen LogP contribution is -2.11. The van der Waals surface area contributed by atoms with Gasteiger partial charge in [-0.1, -0.05) is 49.6 Å².